The SMILES string of the molecule is Cc1ccc(-n2cc(C(=O)N3CCN(c4cccc(F)c4C#N)CC3)nn2)cc1. The van der Waals surface area contributed by atoms with Gasteiger partial charge in [0.25, 0.3) is 5.91 Å². The van der Waals surface area contributed by atoms with Crippen molar-refractivity contribution in [1.82, 2.24) is 19.9 Å². The van der Waals surface area contributed by atoms with Crippen LogP contribution in [-0.4, -0.2) is 52.0 Å². The molecule has 0 N–H and O–H groups in total. The van der Waals surface area contributed by atoms with Crippen molar-refractivity contribution in [3.63, 3.8) is 0 Å². The van der Waals surface area contributed by atoms with E-state index in [1.807, 2.05) is 42.2 Å². The fourth-order valence-corrected chi connectivity index (χ4v) is 3.38. The molecule has 8 heteroatoms. The van der Waals surface area contributed by atoms with Gasteiger partial charge < -0.3 is 9.80 Å². The Kier molecular flexibility index (Phi) is 4.96. The minimum absolute atomic E-state index is 0.0355. The zero-order valence-corrected chi connectivity index (χ0v) is 15.9. The zero-order chi connectivity index (χ0) is 20.4. The quantitative estimate of drug-likeness (QED) is 0.687. The Balaban J connectivity index is 1.44. The molecule has 4 rings (SSSR count). The Morgan fingerprint density at radius 1 is 1.10 bits per heavy atom. The van der Waals surface area contributed by atoms with Gasteiger partial charge in [0.1, 0.15) is 17.4 Å². The Morgan fingerprint density at radius 2 is 1.83 bits per heavy atom. The van der Waals surface area contributed by atoms with Gasteiger partial charge in [-0.3, -0.25) is 4.79 Å². The smallest absolute Gasteiger partial charge is 0.276 e. The lowest BCUT2D eigenvalue weighted by atomic mass is 10.1. The van der Waals surface area contributed by atoms with Crippen LogP contribution in [0.5, 0.6) is 0 Å². The second kappa shape index (κ2) is 7.72. The average Bonchev–Trinajstić information content (AvgIpc) is 3.24. The number of hydrogen-bond acceptors (Lipinski definition) is 5. The Bertz CT molecular complexity index is 1080. The van der Waals surface area contributed by atoms with Crippen LogP contribution in [0.2, 0.25) is 0 Å². The lowest BCUT2D eigenvalue weighted by Crippen LogP contribution is -2.49. The number of amides is 1. The molecule has 2 aromatic carbocycles. The van der Waals surface area contributed by atoms with Crippen molar-refractivity contribution in [2.24, 2.45) is 0 Å². The average molecular weight is 390 g/mol. The van der Waals surface area contributed by atoms with Gasteiger partial charge in [-0.25, -0.2) is 9.07 Å². The minimum atomic E-state index is -0.531. The highest BCUT2D eigenvalue weighted by atomic mass is 19.1. The number of benzene rings is 2. The number of piperazine rings is 1. The molecule has 0 saturated carbocycles. The first kappa shape index (κ1) is 18.6. The molecule has 0 radical (unpaired) electrons. The molecule has 1 amide bonds. The third-order valence-corrected chi connectivity index (χ3v) is 5.02. The maximum absolute atomic E-state index is 13.9. The lowest BCUT2D eigenvalue weighted by molar-refractivity contribution is 0.0740. The number of halogens is 1. The summed E-state index contributed by atoms with van der Waals surface area (Å²) in [5.41, 5.74) is 2.85. The molecule has 146 valence electrons. The van der Waals surface area contributed by atoms with Crippen molar-refractivity contribution in [2.75, 3.05) is 31.1 Å². The van der Waals surface area contributed by atoms with Crippen molar-refractivity contribution in [3.8, 4) is 11.8 Å². The maximum atomic E-state index is 13.9. The largest absolute Gasteiger partial charge is 0.367 e. The molecule has 0 unspecified atom stereocenters. The molecular weight excluding hydrogens is 371 g/mol. The summed E-state index contributed by atoms with van der Waals surface area (Å²) < 4.78 is 15.4. The number of carbonyl (C=O) groups excluding carboxylic acids is 1. The van der Waals surface area contributed by atoms with E-state index in [-0.39, 0.29) is 17.2 Å². The number of anilines is 1. The highest BCUT2D eigenvalue weighted by molar-refractivity contribution is 5.92. The topological polar surface area (TPSA) is 78.0 Å². The van der Waals surface area contributed by atoms with Crippen LogP contribution in [0.4, 0.5) is 10.1 Å². The van der Waals surface area contributed by atoms with Gasteiger partial charge in [-0.15, -0.1) is 5.10 Å². The molecule has 7 nitrogen and oxygen atoms in total. The predicted molar refractivity (Wildman–Crippen MR) is 105 cm³/mol. The number of nitrogens with zero attached hydrogens (tertiary/aromatic N) is 6. The second-order valence-electron chi connectivity index (χ2n) is 6.91. The molecule has 0 aliphatic carbocycles. The third kappa shape index (κ3) is 3.67. The van der Waals surface area contributed by atoms with E-state index in [2.05, 4.69) is 10.3 Å². The first-order chi connectivity index (χ1) is 14.1. The highest BCUT2D eigenvalue weighted by Gasteiger charge is 2.26. The van der Waals surface area contributed by atoms with Gasteiger partial charge in [-0.05, 0) is 31.2 Å². The monoisotopic (exact) mass is 390 g/mol. The summed E-state index contributed by atoms with van der Waals surface area (Å²) in [7, 11) is 0. The first-order valence-electron chi connectivity index (χ1n) is 9.29. The van der Waals surface area contributed by atoms with Gasteiger partial charge in [-0.2, -0.15) is 5.26 Å². The molecule has 3 aromatic rings. The van der Waals surface area contributed by atoms with E-state index in [1.54, 1.807) is 27.9 Å². The van der Waals surface area contributed by atoms with Crippen molar-refractivity contribution >= 4 is 11.6 Å². The van der Waals surface area contributed by atoms with Crippen LogP contribution in [0.1, 0.15) is 21.6 Å². The van der Waals surface area contributed by atoms with E-state index in [1.165, 1.54) is 6.07 Å². The first-order valence-corrected chi connectivity index (χ1v) is 9.29. The van der Waals surface area contributed by atoms with E-state index in [9.17, 15) is 14.4 Å². The number of hydrogen-bond donors (Lipinski definition) is 0. The minimum Gasteiger partial charge on any atom is -0.367 e. The van der Waals surface area contributed by atoms with Gasteiger partial charge in [0.2, 0.25) is 0 Å². The fraction of sp³-hybridized carbons (Fsp3) is 0.238. The number of aromatic nitrogens is 3. The van der Waals surface area contributed by atoms with Gasteiger partial charge in [0.15, 0.2) is 5.69 Å². The standard InChI is InChI=1S/C21H19FN6O/c1-15-5-7-16(8-6-15)28-14-19(24-25-28)21(29)27-11-9-26(10-12-27)20-4-2-3-18(22)17(20)13-23/h2-8,14H,9-12H2,1H3. The molecule has 0 atom stereocenters. The van der Waals surface area contributed by atoms with Crippen LogP contribution in [0.25, 0.3) is 5.69 Å². The van der Waals surface area contributed by atoms with Crippen LogP contribution in [0, 0.1) is 24.1 Å². The summed E-state index contributed by atoms with van der Waals surface area (Å²) in [5.74, 6) is -0.723. The predicted octanol–water partition coefficient (Wildman–Crippen LogP) is 2.55. The van der Waals surface area contributed by atoms with E-state index >= 15 is 0 Å². The van der Waals surface area contributed by atoms with Crippen LogP contribution < -0.4 is 4.90 Å². The maximum Gasteiger partial charge on any atom is 0.276 e. The number of aryl methyl sites for hydroxylation is 1. The molecule has 1 aromatic heterocycles. The van der Waals surface area contributed by atoms with Gasteiger partial charge in [-0.1, -0.05) is 29.0 Å². The van der Waals surface area contributed by atoms with Crippen molar-refractivity contribution in [1.29, 1.82) is 5.26 Å². The Morgan fingerprint density at radius 3 is 2.52 bits per heavy atom. The van der Waals surface area contributed by atoms with Crippen LogP contribution in [-0.2, 0) is 0 Å². The molecule has 0 bridgehead atoms. The molecule has 2 heterocycles. The summed E-state index contributed by atoms with van der Waals surface area (Å²) >= 11 is 0. The van der Waals surface area contributed by atoms with Crippen LogP contribution in [0.3, 0.4) is 0 Å². The Hall–Kier alpha value is -3.73. The van der Waals surface area contributed by atoms with E-state index < -0.39 is 5.82 Å². The third-order valence-electron chi connectivity index (χ3n) is 5.02. The molecule has 1 aliphatic heterocycles. The fourth-order valence-electron chi connectivity index (χ4n) is 3.38. The van der Waals surface area contributed by atoms with Crippen molar-refractivity contribution in [3.05, 3.63) is 71.3 Å². The van der Waals surface area contributed by atoms with Gasteiger partial charge >= 0.3 is 0 Å². The van der Waals surface area contributed by atoms with Crippen molar-refractivity contribution in [2.45, 2.75) is 6.92 Å². The number of rotatable bonds is 3. The molecular formula is C21H19FN6O. The summed E-state index contributed by atoms with van der Waals surface area (Å²) in [4.78, 5) is 16.4. The molecule has 0 spiro atoms. The molecule has 1 aliphatic rings. The molecule has 1 saturated heterocycles. The summed E-state index contributed by atoms with van der Waals surface area (Å²) in [6.07, 6.45) is 1.62. The zero-order valence-electron chi connectivity index (χ0n) is 15.9. The van der Waals surface area contributed by atoms with Gasteiger partial charge in [0, 0.05) is 26.2 Å². The molecule has 29 heavy (non-hydrogen) atoms. The van der Waals surface area contributed by atoms with E-state index in [0.29, 0.717) is 31.9 Å². The second-order valence-corrected chi connectivity index (χ2v) is 6.91. The molecule has 1 fully saturated rings. The summed E-state index contributed by atoms with van der Waals surface area (Å²) in [6, 6.07) is 14.3. The normalized spacial score (nSPS) is 14.0. The van der Waals surface area contributed by atoms with Crippen LogP contribution in [0.15, 0.2) is 48.7 Å². The lowest BCUT2D eigenvalue weighted by Gasteiger charge is -2.36. The number of carbonyl (C=O) groups is 1. The van der Waals surface area contributed by atoms with Crippen LogP contribution >= 0.6 is 0 Å². The Labute approximate surface area is 167 Å². The summed E-state index contributed by atoms with van der Waals surface area (Å²) in [6.45, 7) is 3.93. The number of nitriles is 1. The van der Waals surface area contributed by atoms with Gasteiger partial charge in [0.05, 0.1) is 17.6 Å². The van der Waals surface area contributed by atoms with E-state index in [4.69, 9.17) is 0 Å². The van der Waals surface area contributed by atoms with Crippen molar-refractivity contribution < 1.29 is 9.18 Å². The summed E-state index contributed by atoms with van der Waals surface area (Å²) in [5, 5.41) is 17.3. The highest BCUT2D eigenvalue weighted by Crippen LogP contribution is 2.24. The van der Waals surface area contributed by atoms with E-state index in [0.717, 1.165) is 11.3 Å².